The molecule has 0 unspecified atom stereocenters. The average molecular weight is 265 g/mol. The fourth-order valence-electron chi connectivity index (χ4n) is 1.24. The van der Waals surface area contributed by atoms with Crippen LogP contribution in [-0.4, -0.2) is 9.97 Å². The van der Waals surface area contributed by atoms with Gasteiger partial charge in [0.1, 0.15) is 10.7 Å². The van der Waals surface area contributed by atoms with Crippen molar-refractivity contribution in [2.24, 2.45) is 5.73 Å². The van der Waals surface area contributed by atoms with Crippen molar-refractivity contribution in [1.29, 1.82) is 0 Å². The third-order valence-corrected chi connectivity index (χ3v) is 2.51. The number of halogens is 1. The van der Waals surface area contributed by atoms with Crippen LogP contribution in [0.25, 0.3) is 0 Å². The van der Waals surface area contributed by atoms with E-state index in [9.17, 15) is 0 Å². The molecule has 0 saturated carbocycles. The maximum Gasteiger partial charge on any atom is 0.219 e. The Labute approximate surface area is 109 Å². The first-order valence-electron chi connectivity index (χ1n) is 4.84. The molecule has 0 fully saturated rings. The van der Waals surface area contributed by atoms with E-state index in [4.69, 9.17) is 34.3 Å². The molecule has 0 amide bonds. The number of ether oxygens (including phenoxy) is 1. The fourth-order valence-corrected chi connectivity index (χ4v) is 1.54. The minimum absolute atomic E-state index is 0.312. The van der Waals surface area contributed by atoms with Crippen molar-refractivity contribution in [3.05, 3.63) is 53.2 Å². The molecule has 0 spiro atoms. The van der Waals surface area contributed by atoms with Crippen molar-refractivity contribution in [2.45, 2.75) is 0 Å². The number of benzene rings is 1. The molecule has 2 aromatic rings. The molecule has 0 radical (unpaired) electrons. The average Bonchev–Trinajstić information content (AvgIpc) is 2.29. The van der Waals surface area contributed by atoms with Crippen molar-refractivity contribution in [2.75, 3.05) is 0 Å². The van der Waals surface area contributed by atoms with Gasteiger partial charge in [0.15, 0.2) is 0 Å². The van der Waals surface area contributed by atoms with Crippen molar-refractivity contribution >= 4 is 28.8 Å². The Morgan fingerprint density at radius 2 is 2.12 bits per heavy atom. The van der Waals surface area contributed by atoms with Crippen LogP contribution in [-0.2, 0) is 0 Å². The molecule has 0 aliphatic heterocycles. The first kappa shape index (κ1) is 11.8. The van der Waals surface area contributed by atoms with Gasteiger partial charge in [0.2, 0.25) is 5.88 Å². The molecule has 3 nitrogen and oxygen atoms in total. The Bertz CT molecular complexity index is 542. The lowest BCUT2D eigenvalue weighted by Crippen LogP contribution is -2.09. The lowest BCUT2D eigenvalue weighted by Gasteiger charge is -2.05. The van der Waals surface area contributed by atoms with E-state index in [0.717, 1.165) is 0 Å². The second kappa shape index (κ2) is 5.12. The molecule has 0 atom stereocenters. The maximum atomic E-state index is 5.84. The molecule has 0 aliphatic rings. The number of hydrogen-bond donors (Lipinski definition) is 1. The Hall–Kier alpha value is -1.65. The molecular weight excluding hydrogens is 256 g/mol. The molecule has 0 bridgehead atoms. The number of thiocarbonyl (C=S) groups is 1. The second-order valence-electron chi connectivity index (χ2n) is 3.31. The normalized spacial score (nSPS) is 9.94. The smallest absolute Gasteiger partial charge is 0.219 e. The number of nitrogens with zero attached hydrogens (tertiary/aromatic N) is 1. The standard InChI is InChI=1S/C12H9ClN2OS/c13-9-2-1-3-10(6-9)16-11-5-4-8(7-15-11)12(14)17/h1-7H,(H2,14,17). The van der Waals surface area contributed by atoms with Crippen molar-refractivity contribution < 1.29 is 4.74 Å². The number of rotatable bonds is 3. The predicted molar refractivity (Wildman–Crippen MR) is 71.7 cm³/mol. The van der Waals surface area contributed by atoms with Crippen LogP contribution in [0.5, 0.6) is 11.6 Å². The molecule has 1 aromatic heterocycles. The number of pyridine rings is 1. The predicted octanol–water partition coefficient (Wildman–Crippen LogP) is 3.16. The molecule has 17 heavy (non-hydrogen) atoms. The number of aromatic nitrogens is 1. The van der Waals surface area contributed by atoms with Gasteiger partial charge in [0.25, 0.3) is 0 Å². The van der Waals surface area contributed by atoms with E-state index in [1.165, 1.54) is 0 Å². The zero-order valence-corrected chi connectivity index (χ0v) is 10.3. The van der Waals surface area contributed by atoms with Gasteiger partial charge in [0, 0.05) is 22.8 Å². The van der Waals surface area contributed by atoms with E-state index >= 15 is 0 Å². The summed E-state index contributed by atoms with van der Waals surface area (Å²) in [6.07, 6.45) is 1.57. The SMILES string of the molecule is NC(=S)c1ccc(Oc2cccc(Cl)c2)nc1. The van der Waals surface area contributed by atoms with Crippen LogP contribution in [0.1, 0.15) is 5.56 Å². The van der Waals surface area contributed by atoms with Gasteiger partial charge in [-0.2, -0.15) is 0 Å². The highest BCUT2D eigenvalue weighted by molar-refractivity contribution is 7.80. The number of hydrogen-bond acceptors (Lipinski definition) is 3. The Morgan fingerprint density at radius 1 is 1.29 bits per heavy atom. The van der Waals surface area contributed by atoms with E-state index in [1.54, 1.807) is 42.6 Å². The quantitative estimate of drug-likeness (QED) is 0.865. The van der Waals surface area contributed by atoms with Gasteiger partial charge >= 0.3 is 0 Å². The summed E-state index contributed by atoms with van der Waals surface area (Å²) in [5.74, 6) is 1.10. The summed E-state index contributed by atoms with van der Waals surface area (Å²) in [6, 6.07) is 10.6. The topological polar surface area (TPSA) is 48.1 Å². The van der Waals surface area contributed by atoms with Gasteiger partial charge in [-0.15, -0.1) is 0 Å². The summed E-state index contributed by atoms with van der Waals surface area (Å²) >= 11 is 10.7. The molecule has 86 valence electrons. The minimum atomic E-state index is 0.312. The third kappa shape index (κ3) is 3.15. The largest absolute Gasteiger partial charge is 0.439 e. The van der Waals surface area contributed by atoms with Gasteiger partial charge in [-0.3, -0.25) is 0 Å². The van der Waals surface area contributed by atoms with Crippen molar-refractivity contribution in [1.82, 2.24) is 4.98 Å². The third-order valence-electron chi connectivity index (χ3n) is 2.04. The van der Waals surface area contributed by atoms with Crippen molar-refractivity contribution in [3.63, 3.8) is 0 Å². The first-order chi connectivity index (χ1) is 8.15. The van der Waals surface area contributed by atoms with Crippen LogP contribution in [0, 0.1) is 0 Å². The maximum absolute atomic E-state index is 5.84. The lowest BCUT2D eigenvalue weighted by molar-refractivity contribution is 0.463. The van der Waals surface area contributed by atoms with Gasteiger partial charge in [-0.05, 0) is 24.3 Å². The molecule has 2 N–H and O–H groups in total. The van der Waals surface area contributed by atoms with E-state index in [1.807, 2.05) is 0 Å². The van der Waals surface area contributed by atoms with Crippen LogP contribution in [0.2, 0.25) is 5.02 Å². The zero-order chi connectivity index (χ0) is 12.3. The molecule has 2 rings (SSSR count). The summed E-state index contributed by atoms with van der Waals surface area (Å²) in [6.45, 7) is 0. The Kier molecular flexibility index (Phi) is 3.56. The van der Waals surface area contributed by atoms with E-state index < -0.39 is 0 Å². The minimum Gasteiger partial charge on any atom is -0.439 e. The summed E-state index contributed by atoms with van der Waals surface area (Å²) in [5, 5.41) is 0.613. The van der Waals surface area contributed by atoms with Gasteiger partial charge in [-0.25, -0.2) is 4.98 Å². The Morgan fingerprint density at radius 3 is 2.71 bits per heavy atom. The van der Waals surface area contributed by atoms with E-state index in [0.29, 0.717) is 27.2 Å². The van der Waals surface area contributed by atoms with Crippen LogP contribution in [0.3, 0.4) is 0 Å². The fraction of sp³-hybridized carbons (Fsp3) is 0. The molecule has 1 aromatic carbocycles. The highest BCUT2D eigenvalue weighted by atomic mass is 35.5. The van der Waals surface area contributed by atoms with Crippen LogP contribution in [0.15, 0.2) is 42.6 Å². The van der Waals surface area contributed by atoms with E-state index in [-0.39, 0.29) is 0 Å². The Balaban J connectivity index is 2.16. The van der Waals surface area contributed by atoms with Gasteiger partial charge in [-0.1, -0.05) is 29.9 Å². The number of nitrogens with two attached hydrogens (primary N) is 1. The summed E-state index contributed by atoms with van der Waals surface area (Å²) in [4.78, 5) is 4.40. The first-order valence-corrected chi connectivity index (χ1v) is 5.63. The highest BCUT2D eigenvalue weighted by Gasteiger charge is 2.01. The van der Waals surface area contributed by atoms with E-state index in [2.05, 4.69) is 4.98 Å². The van der Waals surface area contributed by atoms with Crippen molar-refractivity contribution in [3.8, 4) is 11.6 Å². The molecular formula is C12H9ClN2OS. The zero-order valence-electron chi connectivity index (χ0n) is 8.76. The summed E-state index contributed by atoms with van der Waals surface area (Å²) < 4.78 is 5.51. The molecule has 0 saturated heterocycles. The molecule has 5 heteroatoms. The van der Waals surface area contributed by atoms with Crippen LogP contribution >= 0.6 is 23.8 Å². The summed E-state index contributed by atoms with van der Waals surface area (Å²) in [5.41, 5.74) is 6.18. The lowest BCUT2D eigenvalue weighted by atomic mass is 10.3. The second-order valence-corrected chi connectivity index (χ2v) is 4.19. The molecule has 1 heterocycles. The van der Waals surface area contributed by atoms with Gasteiger partial charge in [0.05, 0.1) is 0 Å². The molecule has 0 aliphatic carbocycles. The van der Waals surface area contributed by atoms with Crippen LogP contribution < -0.4 is 10.5 Å². The monoisotopic (exact) mass is 264 g/mol. The van der Waals surface area contributed by atoms with Crippen LogP contribution in [0.4, 0.5) is 0 Å². The van der Waals surface area contributed by atoms with Gasteiger partial charge < -0.3 is 10.5 Å². The highest BCUT2D eigenvalue weighted by Crippen LogP contribution is 2.22. The summed E-state index contributed by atoms with van der Waals surface area (Å²) in [7, 11) is 0.